The van der Waals surface area contributed by atoms with Gasteiger partial charge in [0.1, 0.15) is 0 Å². The molecule has 0 saturated carbocycles. The van der Waals surface area contributed by atoms with E-state index in [-0.39, 0.29) is 0 Å². The molecule has 0 amide bonds. The zero-order chi connectivity index (χ0) is 12.7. The quantitative estimate of drug-likeness (QED) is 0.378. The number of hydrogen-bond donors (Lipinski definition) is 2. The highest BCUT2D eigenvalue weighted by Crippen LogP contribution is 2.21. The van der Waals surface area contributed by atoms with Crippen LogP contribution in [0.25, 0.3) is 0 Å². The summed E-state index contributed by atoms with van der Waals surface area (Å²) in [5.74, 6) is 0. The number of rotatable bonds is 5. The largest absolute Gasteiger partial charge is 0.383 e. The van der Waals surface area contributed by atoms with Gasteiger partial charge < -0.3 is 10.1 Å². The van der Waals surface area contributed by atoms with E-state index < -0.39 is 0 Å². The van der Waals surface area contributed by atoms with Crippen molar-refractivity contribution in [2.75, 3.05) is 20.3 Å². The molecule has 0 aliphatic heterocycles. The van der Waals surface area contributed by atoms with Crippen molar-refractivity contribution in [1.82, 2.24) is 10.7 Å². The minimum Gasteiger partial charge on any atom is -0.383 e. The van der Waals surface area contributed by atoms with Gasteiger partial charge >= 0.3 is 0 Å². The number of halogens is 1. The van der Waals surface area contributed by atoms with E-state index in [0.717, 1.165) is 14.9 Å². The molecule has 1 aromatic heterocycles. The monoisotopic (exact) mass is 291 g/mol. The first-order chi connectivity index (χ1) is 8.13. The Hall–Kier alpha value is -0.690. The Morgan fingerprint density at radius 3 is 2.94 bits per heavy atom. The zero-order valence-electron chi connectivity index (χ0n) is 9.62. The number of hydrazone groups is 1. The van der Waals surface area contributed by atoms with Crippen LogP contribution in [-0.2, 0) is 4.74 Å². The normalized spacial score (nSPS) is 11.4. The lowest BCUT2D eigenvalue weighted by atomic mass is 10.3. The summed E-state index contributed by atoms with van der Waals surface area (Å²) in [6, 6.07) is 3.77. The highest BCUT2D eigenvalue weighted by molar-refractivity contribution is 7.80. The summed E-state index contributed by atoms with van der Waals surface area (Å²) in [6.45, 7) is 3.15. The molecule has 17 heavy (non-hydrogen) atoms. The lowest BCUT2D eigenvalue weighted by molar-refractivity contribution is 0.204. The molecule has 0 saturated heterocycles. The third-order valence-electron chi connectivity index (χ3n) is 1.85. The van der Waals surface area contributed by atoms with Gasteiger partial charge in [0.2, 0.25) is 0 Å². The van der Waals surface area contributed by atoms with Crippen molar-refractivity contribution in [1.29, 1.82) is 0 Å². The zero-order valence-corrected chi connectivity index (χ0v) is 12.0. The average molecular weight is 292 g/mol. The fourth-order valence-corrected chi connectivity index (χ4v) is 2.14. The fraction of sp³-hybridized carbons (Fsp3) is 0.400. The van der Waals surface area contributed by atoms with Gasteiger partial charge in [0.05, 0.1) is 21.5 Å². The summed E-state index contributed by atoms with van der Waals surface area (Å²) in [5.41, 5.74) is 3.61. The van der Waals surface area contributed by atoms with Gasteiger partial charge in [-0.3, -0.25) is 5.43 Å². The second-order valence-corrected chi connectivity index (χ2v) is 5.28. The van der Waals surface area contributed by atoms with Crippen LogP contribution in [0.15, 0.2) is 17.2 Å². The average Bonchev–Trinajstić information content (AvgIpc) is 2.73. The summed E-state index contributed by atoms with van der Waals surface area (Å²) in [7, 11) is 1.64. The van der Waals surface area contributed by atoms with Gasteiger partial charge in [0, 0.05) is 13.7 Å². The molecular weight excluding hydrogens is 278 g/mol. The summed E-state index contributed by atoms with van der Waals surface area (Å²) in [4.78, 5) is 1.02. The van der Waals surface area contributed by atoms with E-state index in [1.165, 1.54) is 11.3 Å². The molecule has 0 radical (unpaired) electrons. The Labute approximate surface area is 115 Å². The van der Waals surface area contributed by atoms with Crippen molar-refractivity contribution < 1.29 is 4.74 Å². The number of thiophene rings is 1. The van der Waals surface area contributed by atoms with Crippen molar-refractivity contribution in [3.63, 3.8) is 0 Å². The van der Waals surface area contributed by atoms with E-state index in [4.69, 9.17) is 28.6 Å². The highest BCUT2D eigenvalue weighted by atomic mass is 35.5. The van der Waals surface area contributed by atoms with Gasteiger partial charge in [-0.05, 0) is 31.3 Å². The van der Waals surface area contributed by atoms with E-state index in [9.17, 15) is 0 Å². The predicted octanol–water partition coefficient (Wildman–Crippen LogP) is 2.24. The molecule has 1 aromatic rings. The molecule has 1 heterocycles. The smallest absolute Gasteiger partial charge is 0.187 e. The first kappa shape index (κ1) is 14.4. The van der Waals surface area contributed by atoms with Crippen LogP contribution in [0.1, 0.15) is 11.8 Å². The van der Waals surface area contributed by atoms with Gasteiger partial charge in [-0.1, -0.05) is 11.6 Å². The first-order valence-corrected chi connectivity index (χ1v) is 6.56. The third kappa shape index (κ3) is 5.45. The maximum atomic E-state index is 5.84. The lowest BCUT2D eigenvalue weighted by Gasteiger charge is -2.06. The molecule has 0 aliphatic carbocycles. The lowest BCUT2D eigenvalue weighted by Crippen LogP contribution is -2.34. The van der Waals surface area contributed by atoms with Crippen LogP contribution in [0.4, 0.5) is 0 Å². The van der Waals surface area contributed by atoms with Gasteiger partial charge in [-0.15, -0.1) is 11.3 Å². The van der Waals surface area contributed by atoms with Crippen molar-refractivity contribution >= 4 is 46.0 Å². The first-order valence-electron chi connectivity index (χ1n) is 4.96. The Morgan fingerprint density at radius 1 is 1.59 bits per heavy atom. The minimum atomic E-state index is 0.476. The molecule has 0 aromatic carbocycles. The molecule has 0 aliphatic rings. The Kier molecular flexibility index (Phi) is 6.43. The summed E-state index contributed by atoms with van der Waals surface area (Å²) < 4.78 is 5.64. The summed E-state index contributed by atoms with van der Waals surface area (Å²) in [6.07, 6.45) is 0. The highest BCUT2D eigenvalue weighted by Gasteiger charge is 2.01. The minimum absolute atomic E-state index is 0.476. The van der Waals surface area contributed by atoms with E-state index in [1.54, 1.807) is 7.11 Å². The number of ether oxygens (including phenoxy) is 1. The van der Waals surface area contributed by atoms with Crippen molar-refractivity contribution in [3.05, 3.63) is 21.3 Å². The molecule has 0 unspecified atom stereocenters. The van der Waals surface area contributed by atoms with Crippen molar-refractivity contribution in [2.45, 2.75) is 6.92 Å². The maximum absolute atomic E-state index is 5.84. The summed E-state index contributed by atoms with van der Waals surface area (Å²) >= 11 is 12.4. The Bertz CT molecular complexity index is 406. The molecule has 4 nitrogen and oxygen atoms in total. The molecule has 7 heteroatoms. The topological polar surface area (TPSA) is 45.6 Å². The molecule has 0 spiro atoms. The number of thiocarbonyl (C=S) groups is 1. The second kappa shape index (κ2) is 7.60. The van der Waals surface area contributed by atoms with Crippen LogP contribution >= 0.6 is 35.2 Å². The van der Waals surface area contributed by atoms with Crippen molar-refractivity contribution in [3.8, 4) is 0 Å². The summed E-state index contributed by atoms with van der Waals surface area (Å²) in [5, 5.41) is 7.60. The van der Waals surface area contributed by atoms with Gasteiger partial charge in [0.15, 0.2) is 5.11 Å². The molecule has 0 fully saturated rings. The van der Waals surface area contributed by atoms with Crippen LogP contribution < -0.4 is 10.7 Å². The van der Waals surface area contributed by atoms with Gasteiger partial charge in [0.25, 0.3) is 0 Å². The van der Waals surface area contributed by atoms with Crippen LogP contribution in [-0.4, -0.2) is 31.1 Å². The second-order valence-electron chi connectivity index (χ2n) is 3.16. The van der Waals surface area contributed by atoms with E-state index in [0.29, 0.717) is 18.3 Å². The number of hydrogen-bond acceptors (Lipinski definition) is 4. The van der Waals surface area contributed by atoms with Crippen LogP contribution in [0.2, 0.25) is 4.34 Å². The van der Waals surface area contributed by atoms with Crippen molar-refractivity contribution in [2.24, 2.45) is 5.10 Å². The van der Waals surface area contributed by atoms with E-state index >= 15 is 0 Å². The van der Waals surface area contributed by atoms with Crippen LogP contribution in [0, 0.1) is 0 Å². The van der Waals surface area contributed by atoms with E-state index in [1.807, 2.05) is 19.1 Å². The third-order valence-corrected chi connectivity index (χ3v) is 3.42. The molecule has 2 N–H and O–H groups in total. The predicted molar refractivity (Wildman–Crippen MR) is 77.2 cm³/mol. The van der Waals surface area contributed by atoms with Crippen LogP contribution in [0.3, 0.4) is 0 Å². The van der Waals surface area contributed by atoms with Crippen LogP contribution in [0.5, 0.6) is 0 Å². The molecular formula is C10H14ClN3OS2. The molecule has 1 rings (SSSR count). The SMILES string of the molecule is COCCNC(=S)N/N=C(\C)c1ccc(Cl)s1. The number of nitrogens with zero attached hydrogens (tertiary/aromatic N) is 1. The number of methoxy groups -OCH3 is 1. The molecule has 0 bridgehead atoms. The number of nitrogens with one attached hydrogen (secondary N) is 2. The maximum Gasteiger partial charge on any atom is 0.187 e. The molecule has 0 atom stereocenters. The van der Waals surface area contributed by atoms with E-state index in [2.05, 4.69) is 15.8 Å². The Balaban J connectivity index is 2.40. The van der Waals surface area contributed by atoms with Gasteiger partial charge in [-0.25, -0.2) is 0 Å². The Morgan fingerprint density at radius 2 is 2.35 bits per heavy atom. The van der Waals surface area contributed by atoms with Gasteiger partial charge in [-0.2, -0.15) is 5.10 Å². The standard InChI is InChI=1S/C10H14ClN3OS2/c1-7(8-3-4-9(11)17-8)13-14-10(16)12-5-6-15-2/h3-4H,5-6H2,1-2H3,(H2,12,14,16)/b13-7+. The fourth-order valence-electron chi connectivity index (χ4n) is 1.00. The molecule has 94 valence electrons.